The molecule has 1 aromatic carbocycles. The lowest BCUT2D eigenvalue weighted by atomic mass is 9.99. The lowest BCUT2D eigenvalue weighted by Crippen LogP contribution is -1.99. The minimum Gasteiger partial charge on any atom is -0.300 e. The summed E-state index contributed by atoms with van der Waals surface area (Å²) < 4.78 is 0. The maximum atomic E-state index is 11.0. The molecule has 0 aliphatic rings. The number of ketones is 1. The van der Waals surface area contributed by atoms with Crippen LogP contribution in [0.3, 0.4) is 0 Å². The highest BCUT2D eigenvalue weighted by atomic mass is 35.5. The first-order valence-corrected chi connectivity index (χ1v) is 5.16. The molecule has 0 saturated heterocycles. The second kappa shape index (κ2) is 4.61. The Morgan fingerprint density at radius 2 is 2.07 bits per heavy atom. The van der Waals surface area contributed by atoms with Crippen molar-refractivity contribution < 1.29 is 4.79 Å². The van der Waals surface area contributed by atoms with Crippen LogP contribution in [0.15, 0.2) is 18.2 Å². The minimum absolute atomic E-state index is 0.146. The van der Waals surface area contributed by atoms with Gasteiger partial charge in [0.15, 0.2) is 0 Å². The van der Waals surface area contributed by atoms with E-state index in [2.05, 4.69) is 13.8 Å². The van der Waals surface area contributed by atoms with Crippen LogP contribution in [-0.2, 0) is 11.2 Å². The second-order valence-electron chi connectivity index (χ2n) is 3.88. The van der Waals surface area contributed by atoms with Crippen LogP contribution >= 0.6 is 11.6 Å². The van der Waals surface area contributed by atoms with Gasteiger partial charge in [0.1, 0.15) is 5.78 Å². The predicted molar refractivity (Wildman–Crippen MR) is 59.9 cm³/mol. The Kier molecular flexibility index (Phi) is 3.70. The topological polar surface area (TPSA) is 17.1 Å². The molecule has 0 aliphatic heterocycles. The standard InChI is InChI=1S/C12H15ClO/c1-8(2)10-4-5-12(13)11(7-10)6-9(3)14/h4-5,7-8H,6H2,1-3H3. The van der Waals surface area contributed by atoms with E-state index >= 15 is 0 Å². The summed E-state index contributed by atoms with van der Waals surface area (Å²) >= 11 is 5.99. The SMILES string of the molecule is CC(=O)Cc1cc(C(C)C)ccc1Cl. The van der Waals surface area contributed by atoms with Crippen LogP contribution < -0.4 is 0 Å². The normalized spacial score (nSPS) is 10.6. The fourth-order valence-corrected chi connectivity index (χ4v) is 1.54. The van der Waals surface area contributed by atoms with Crippen molar-refractivity contribution in [1.29, 1.82) is 0 Å². The summed E-state index contributed by atoms with van der Waals surface area (Å²) in [7, 11) is 0. The lowest BCUT2D eigenvalue weighted by Gasteiger charge is -2.08. The van der Waals surface area contributed by atoms with Crippen molar-refractivity contribution in [2.24, 2.45) is 0 Å². The van der Waals surface area contributed by atoms with Crippen LogP contribution in [0, 0.1) is 0 Å². The molecule has 2 heteroatoms. The summed E-state index contributed by atoms with van der Waals surface area (Å²) in [5.41, 5.74) is 2.16. The van der Waals surface area contributed by atoms with Crippen LogP contribution in [0.5, 0.6) is 0 Å². The molecule has 76 valence electrons. The number of rotatable bonds is 3. The van der Waals surface area contributed by atoms with Crippen molar-refractivity contribution in [1.82, 2.24) is 0 Å². The molecule has 0 heterocycles. The molecule has 0 aromatic heterocycles. The highest BCUT2D eigenvalue weighted by molar-refractivity contribution is 6.31. The van der Waals surface area contributed by atoms with Crippen LogP contribution in [0.1, 0.15) is 37.8 Å². The highest BCUT2D eigenvalue weighted by Gasteiger charge is 2.06. The molecular formula is C12H15ClO. The molecule has 1 aromatic rings. The molecule has 0 saturated carbocycles. The van der Waals surface area contributed by atoms with Gasteiger partial charge in [-0.15, -0.1) is 0 Å². The fourth-order valence-electron chi connectivity index (χ4n) is 1.36. The number of hydrogen-bond donors (Lipinski definition) is 0. The van der Waals surface area contributed by atoms with Crippen molar-refractivity contribution >= 4 is 17.4 Å². The number of carbonyl (C=O) groups is 1. The minimum atomic E-state index is 0.146. The quantitative estimate of drug-likeness (QED) is 0.745. The molecule has 0 radical (unpaired) electrons. The first-order valence-electron chi connectivity index (χ1n) is 4.78. The second-order valence-corrected chi connectivity index (χ2v) is 4.29. The number of Topliss-reactive ketones (excluding diaryl/α,β-unsaturated/α-hetero) is 1. The summed E-state index contributed by atoms with van der Waals surface area (Å²) in [5.74, 6) is 0.616. The molecule has 14 heavy (non-hydrogen) atoms. The van der Waals surface area contributed by atoms with Crippen molar-refractivity contribution in [2.45, 2.75) is 33.1 Å². The molecule has 0 unspecified atom stereocenters. The third kappa shape index (κ3) is 2.85. The van der Waals surface area contributed by atoms with Crippen molar-refractivity contribution in [3.05, 3.63) is 34.3 Å². The number of carbonyl (C=O) groups excluding carboxylic acids is 1. The summed E-state index contributed by atoms with van der Waals surface area (Å²) in [4.78, 5) is 11.0. The van der Waals surface area contributed by atoms with E-state index in [0.717, 1.165) is 5.56 Å². The largest absolute Gasteiger partial charge is 0.300 e. The Balaban J connectivity index is 3.02. The van der Waals surface area contributed by atoms with E-state index in [1.54, 1.807) is 6.92 Å². The molecule has 0 N–H and O–H groups in total. The van der Waals surface area contributed by atoms with Gasteiger partial charge in [-0.05, 0) is 30.0 Å². The van der Waals surface area contributed by atoms with E-state index in [4.69, 9.17) is 11.6 Å². The average molecular weight is 211 g/mol. The van der Waals surface area contributed by atoms with E-state index in [-0.39, 0.29) is 5.78 Å². The monoisotopic (exact) mass is 210 g/mol. The third-order valence-corrected chi connectivity index (χ3v) is 2.54. The zero-order valence-corrected chi connectivity index (χ0v) is 9.56. The van der Waals surface area contributed by atoms with E-state index in [1.807, 2.05) is 18.2 Å². The molecule has 0 fully saturated rings. The van der Waals surface area contributed by atoms with Crippen LogP contribution in [-0.4, -0.2) is 5.78 Å². The Morgan fingerprint density at radius 1 is 1.43 bits per heavy atom. The Morgan fingerprint density at radius 3 is 2.57 bits per heavy atom. The van der Waals surface area contributed by atoms with Gasteiger partial charge in [-0.2, -0.15) is 0 Å². The van der Waals surface area contributed by atoms with E-state index in [1.165, 1.54) is 5.56 Å². The van der Waals surface area contributed by atoms with Gasteiger partial charge in [-0.25, -0.2) is 0 Å². The predicted octanol–water partition coefficient (Wildman–Crippen LogP) is 3.59. The van der Waals surface area contributed by atoms with Gasteiger partial charge in [0, 0.05) is 11.4 Å². The van der Waals surface area contributed by atoms with E-state index < -0.39 is 0 Å². The number of halogens is 1. The highest BCUT2D eigenvalue weighted by Crippen LogP contribution is 2.22. The Labute approximate surface area is 90.1 Å². The zero-order valence-electron chi connectivity index (χ0n) is 8.80. The van der Waals surface area contributed by atoms with Gasteiger partial charge in [0.05, 0.1) is 0 Å². The van der Waals surface area contributed by atoms with Gasteiger partial charge in [-0.3, -0.25) is 4.79 Å². The maximum Gasteiger partial charge on any atom is 0.134 e. The lowest BCUT2D eigenvalue weighted by molar-refractivity contribution is -0.116. The summed E-state index contributed by atoms with van der Waals surface area (Å²) in [6.07, 6.45) is 0.430. The van der Waals surface area contributed by atoms with Gasteiger partial charge in [0.25, 0.3) is 0 Å². The number of hydrogen-bond acceptors (Lipinski definition) is 1. The molecule has 0 amide bonds. The number of benzene rings is 1. The molecule has 1 rings (SSSR count). The van der Waals surface area contributed by atoms with Crippen LogP contribution in [0.4, 0.5) is 0 Å². The van der Waals surface area contributed by atoms with E-state index in [9.17, 15) is 4.79 Å². The third-order valence-electron chi connectivity index (χ3n) is 2.18. The summed E-state index contributed by atoms with van der Waals surface area (Å²) in [6.45, 7) is 5.83. The van der Waals surface area contributed by atoms with Crippen LogP contribution in [0.2, 0.25) is 5.02 Å². The molecule has 1 nitrogen and oxygen atoms in total. The first-order chi connectivity index (χ1) is 6.50. The van der Waals surface area contributed by atoms with Gasteiger partial charge >= 0.3 is 0 Å². The summed E-state index contributed by atoms with van der Waals surface area (Å²) in [6, 6.07) is 5.90. The molecule has 0 aliphatic carbocycles. The zero-order chi connectivity index (χ0) is 10.7. The Bertz CT molecular complexity index is 342. The van der Waals surface area contributed by atoms with Crippen molar-refractivity contribution in [3.8, 4) is 0 Å². The first kappa shape index (κ1) is 11.3. The van der Waals surface area contributed by atoms with Crippen molar-refractivity contribution in [2.75, 3.05) is 0 Å². The fraction of sp³-hybridized carbons (Fsp3) is 0.417. The van der Waals surface area contributed by atoms with Gasteiger partial charge < -0.3 is 0 Å². The average Bonchev–Trinajstić information content (AvgIpc) is 2.07. The van der Waals surface area contributed by atoms with Crippen molar-refractivity contribution in [3.63, 3.8) is 0 Å². The van der Waals surface area contributed by atoms with Gasteiger partial charge in [0.2, 0.25) is 0 Å². The molecular weight excluding hydrogens is 196 g/mol. The Hall–Kier alpha value is -0.820. The summed E-state index contributed by atoms with van der Waals surface area (Å²) in [5, 5.41) is 0.685. The molecule has 0 spiro atoms. The van der Waals surface area contributed by atoms with Gasteiger partial charge in [-0.1, -0.05) is 37.6 Å². The molecule has 0 bridgehead atoms. The smallest absolute Gasteiger partial charge is 0.134 e. The van der Waals surface area contributed by atoms with Crippen LogP contribution in [0.25, 0.3) is 0 Å². The maximum absolute atomic E-state index is 11.0. The van der Waals surface area contributed by atoms with E-state index in [0.29, 0.717) is 17.4 Å². The molecule has 0 atom stereocenters.